The number of nitrogens with two attached hydrogens (primary N) is 1. The van der Waals surface area contributed by atoms with Gasteiger partial charge in [-0.25, -0.2) is 0 Å². The highest BCUT2D eigenvalue weighted by Gasteiger charge is 2.54. The lowest BCUT2D eigenvalue weighted by Crippen LogP contribution is -2.47. The summed E-state index contributed by atoms with van der Waals surface area (Å²) >= 11 is 0. The van der Waals surface area contributed by atoms with E-state index in [2.05, 4.69) is 24.3 Å². The van der Waals surface area contributed by atoms with Gasteiger partial charge in [-0.2, -0.15) is 0 Å². The molecule has 0 bridgehead atoms. The van der Waals surface area contributed by atoms with E-state index in [1.807, 2.05) is 0 Å². The van der Waals surface area contributed by atoms with Crippen molar-refractivity contribution in [3.8, 4) is 0 Å². The van der Waals surface area contributed by atoms with Gasteiger partial charge < -0.3 is 16.3 Å². The fraction of sp³-hybridized carbons (Fsp3) is 0.846. The lowest BCUT2D eigenvalue weighted by Gasteiger charge is -2.32. The highest BCUT2D eigenvalue weighted by molar-refractivity contribution is 6.09. The summed E-state index contributed by atoms with van der Waals surface area (Å²) in [6.45, 7) is 4.45. The van der Waals surface area contributed by atoms with Crippen LogP contribution < -0.4 is 11.1 Å². The highest BCUT2D eigenvalue weighted by atomic mass is 16.4. The van der Waals surface area contributed by atoms with Gasteiger partial charge >= 0.3 is 0 Å². The number of hydrogen-bond acceptors (Lipinski definition) is 3. The van der Waals surface area contributed by atoms with Crippen LogP contribution in [-0.2, 0) is 4.79 Å². The quantitative estimate of drug-likeness (QED) is 0.308. The second-order valence-electron chi connectivity index (χ2n) is 6.16. The minimum absolute atomic E-state index is 0.0527. The molecule has 2 fully saturated rings. The zero-order chi connectivity index (χ0) is 13.3. The molecule has 0 aliphatic heterocycles. The standard InChI is InChI=1S/C13H23N3O2/c1-8-5-9(2)7-10(6-8)15-12(17)13(3-4-13)11(14)16-18/h8-10,18H,3-7H2,1-2H3,(H2,14,16)(H,15,17). The Hall–Kier alpha value is -1.26. The molecule has 0 saturated heterocycles. The average molecular weight is 253 g/mol. The third-order valence-corrected chi connectivity index (χ3v) is 4.30. The largest absolute Gasteiger partial charge is 0.409 e. The van der Waals surface area contributed by atoms with Crippen LogP contribution in [-0.4, -0.2) is 23.0 Å². The van der Waals surface area contributed by atoms with Gasteiger partial charge in [0.2, 0.25) is 5.91 Å². The molecule has 0 radical (unpaired) electrons. The van der Waals surface area contributed by atoms with Crippen LogP contribution in [0.4, 0.5) is 0 Å². The van der Waals surface area contributed by atoms with Crippen LogP contribution in [0.15, 0.2) is 5.16 Å². The second kappa shape index (κ2) is 4.78. The van der Waals surface area contributed by atoms with Crippen molar-refractivity contribution >= 4 is 11.7 Å². The van der Waals surface area contributed by atoms with E-state index < -0.39 is 5.41 Å². The zero-order valence-corrected chi connectivity index (χ0v) is 11.1. The van der Waals surface area contributed by atoms with Gasteiger partial charge in [-0.1, -0.05) is 19.0 Å². The van der Waals surface area contributed by atoms with Gasteiger partial charge in [0.05, 0.1) is 0 Å². The molecule has 18 heavy (non-hydrogen) atoms. The van der Waals surface area contributed by atoms with E-state index in [4.69, 9.17) is 10.9 Å². The van der Waals surface area contributed by atoms with Crippen molar-refractivity contribution in [3.63, 3.8) is 0 Å². The molecule has 2 aliphatic rings. The van der Waals surface area contributed by atoms with Crippen molar-refractivity contribution in [3.05, 3.63) is 0 Å². The zero-order valence-electron chi connectivity index (χ0n) is 11.1. The molecule has 2 unspecified atom stereocenters. The lowest BCUT2D eigenvalue weighted by atomic mass is 9.80. The molecule has 0 spiro atoms. The van der Waals surface area contributed by atoms with Crippen LogP contribution in [0.3, 0.4) is 0 Å². The van der Waals surface area contributed by atoms with E-state index in [0.29, 0.717) is 24.7 Å². The third kappa shape index (κ3) is 2.44. The van der Waals surface area contributed by atoms with E-state index in [1.54, 1.807) is 0 Å². The monoisotopic (exact) mass is 253 g/mol. The Morgan fingerprint density at radius 1 is 1.28 bits per heavy atom. The number of oxime groups is 1. The number of nitrogens with zero attached hydrogens (tertiary/aromatic N) is 1. The summed E-state index contributed by atoms with van der Waals surface area (Å²) in [7, 11) is 0. The second-order valence-corrected chi connectivity index (χ2v) is 6.16. The number of carbonyl (C=O) groups excluding carboxylic acids is 1. The first kappa shape index (κ1) is 13.2. The van der Waals surface area contributed by atoms with E-state index >= 15 is 0 Å². The SMILES string of the molecule is CC1CC(C)CC(NC(=O)C2(C(N)=NO)CC2)C1. The summed E-state index contributed by atoms with van der Waals surface area (Å²) in [4.78, 5) is 12.2. The Bertz CT molecular complexity index is 353. The van der Waals surface area contributed by atoms with Crippen molar-refractivity contribution in [1.82, 2.24) is 5.32 Å². The molecule has 2 rings (SSSR count). The molecule has 1 amide bonds. The summed E-state index contributed by atoms with van der Waals surface area (Å²) in [5.41, 5.74) is 4.89. The molecule has 0 aromatic rings. The number of amidine groups is 1. The van der Waals surface area contributed by atoms with Gasteiger partial charge in [-0.05, 0) is 43.9 Å². The molecule has 5 heteroatoms. The molecule has 0 aromatic carbocycles. The average Bonchev–Trinajstić information content (AvgIpc) is 3.07. The maximum atomic E-state index is 12.2. The Kier molecular flexibility index (Phi) is 3.50. The maximum absolute atomic E-state index is 12.2. The molecule has 0 heterocycles. The number of rotatable bonds is 3. The summed E-state index contributed by atoms with van der Waals surface area (Å²) in [5, 5.41) is 14.8. The first-order chi connectivity index (χ1) is 8.48. The molecule has 2 atom stereocenters. The number of hydrogen-bond donors (Lipinski definition) is 3. The summed E-state index contributed by atoms with van der Waals surface area (Å²) in [6, 6.07) is 0.236. The summed E-state index contributed by atoms with van der Waals surface area (Å²) < 4.78 is 0. The summed E-state index contributed by atoms with van der Waals surface area (Å²) in [6.07, 6.45) is 4.67. The predicted molar refractivity (Wildman–Crippen MR) is 69.2 cm³/mol. The van der Waals surface area contributed by atoms with Crippen molar-refractivity contribution in [2.45, 2.75) is 52.0 Å². The van der Waals surface area contributed by atoms with Crippen molar-refractivity contribution in [2.75, 3.05) is 0 Å². The fourth-order valence-electron chi connectivity index (χ4n) is 3.21. The van der Waals surface area contributed by atoms with Gasteiger partial charge in [0, 0.05) is 6.04 Å². The van der Waals surface area contributed by atoms with Crippen LogP contribution in [0.25, 0.3) is 0 Å². The molecule has 102 valence electrons. The van der Waals surface area contributed by atoms with E-state index in [-0.39, 0.29) is 17.8 Å². The van der Waals surface area contributed by atoms with Gasteiger partial charge in [-0.15, -0.1) is 0 Å². The topological polar surface area (TPSA) is 87.7 Å². The molecule has 2 saturated carbocycles. The minimum atomic E-state index is -0.724. The number of amides is 1. The van der Waals surface area contributed by atoms with Crippen LogP contribution in [0.2, 0.25) is 0 Å². The first-order valence-electron chi connectivity index (χ1n) is 6.77. The highest BCUT2D eigenvalue weighted by Crippen LogP contribution is 2.46. The molecule has 0 aromatic heterocycles. The first-order valence-corrected chi connectivity index (χ1v) is 6.77. The van der Waals surface area contributed by atoms with Crippen molar-refractivity contribution in [1.29, 1.82) is 0 Å². The van der Waals surface area contributed by atoms with Crippen LogP contribution in [0.1, 0.15) is 46.0 Å². The Morgan fingerprint density at radius 3 is 2.28 bits per heavy atom. The van der Waals surface area contributed by atoms with Crippen LogP contribution in [0.5, 0.6) is 0 Å². The Balaban J connectivity index is 1.96. The van der Waals surface area contributed by atoms with E-state index in [0.717, 1.165) is 12.8 Å². The van der Waals surface area contributed by atoms with Crippen molar-refractivity contribution < 1.29 is 10.0 Å². The van der Waals surface area contributed by atoms with Crippen molar-refractivity contribution in [2.24, 2.45) is 28.1 Å². The normalized spacial score (nSPS) is 35.0. The third-order valence-electron chi connectivity index (χ3n) is 4.30. The van der Waals surface area contributed by atoms with Gasteiger partial charge in [-0.3, -0.25) is 4.79 Å². The number of nitrogens with one attached hydrogen (secondary N) is 1. The Labute approximate surface area is 108 Å². The molecule has 2 aliphatic carbocycles. The number of carbonyl (C=O) groups is 1. The van der Waals surface area contributed by atoms with Gasteiger partial charge in [0.25, 0.3) is 0 Å². The minimum Gasteiger partial charge on any atom is -0.409 e. The molecular formula is C13H23N3O2. The molecular weight excluding hydrogens is 230 g/mol. The van der Waals surface area contributed by atoms with Gasteiger partial charge in [0.1, 0.15) is 5.41 Å². The van der Waals surface area contributed by atoms with Crippen LogP contribution >= 0.6 is 0 Å². The Morgan fingerprint density at radius 2 is 1.83 bits per heavy atom. The fourth-order valence-corrected chi connectivity index (χ4v) is 3.21. The maximum Gasteiger partial charge on any atom is 0.234 e. The van der Waals surface area contributed by atoms with E-state index in [1.165, 1.54) is 6.42 Å². The summed E-state index contributed by atoms with van der Waals surface area (Å²) in [5.74, 6) is 1.29. The van der Waals surface area contributed by atoms with Crippen LogP contribution in [0, 0.1) is 17.3 Å². The molecule has 4 N–H and O–H groups in total. The van der Waals surface area contributed by atoms with Gasteiger partial charge in [0.15, 0.2) is 5.84 Å². The predicted octanol–water partition coefficient (Wildman–Crippen LogP) is 1.45. The lowest BCUT2D eigenvalue weighted by molar-refractivity contribution is -0.125. The molecule has 5 nitrogen and oxygen atoms in total. The van der Waals surface area contributed by atoms with E-state index in [9.17, 15) is 4.79 Å². The smallest absolute Gasteiger partial charge is 0.234 e.